The van der Waals surface area contributed by atoms with Gasteiger partial charge in [0.05, 0.1) is 15.7 Å². The molecule has 2 unspecified atom stereocenters. The van der Waals surface area contributed by atoms with E-state index in [1.165, 1.54) is 12.1 Å². The Morgan fingerprint density at radius 3 is 2.46 bits per heavy atom. The summed E-state index contributed by atoms with van der Waals surface area (Å²) in [5.74, 6) is 0.414. The Bertz CT molecular complexity index is 1710. The number of hydrogen-bond donors (Lipinski definition) is 1. The molecule has 0 aliphatic carbocycles. The van der Waals surface area contributed by atoms with Crippen LogP contribution in [0.4, 0.5) is 18.9 Å². The van der Waals surface area contributed by atoms with Gasteiger partial charge < -0.3 is 24.1 Å². The Kier molecular flexibility index (Phi) is 9.60. The standard InChI is InChI=1S/C34H32F3IN4O4/c35-34(36,37)46-28-9-6-26(7-10-28)41-15-12-27(13-16-41)44-29-8-5-22-17-31(45-30(22)19-29)33(43)40-25-11-14-42(32(38)18-25)21-24-4-2-1-3-23(24)20-39/h1-10,17,19,25,27,32H,11-16,18,21H2,(H,40,43). The number of nitriles is 1. The van der Waals surface area contributed by atoms with Crippen molar-refractivity contribution in [2.45, 2.75) is 54.8 Å². The van der Waals surface area contributed by atoms with Crippen LogP contribution in [-0.2, 0) is 6.54 Å². The van der Waals surface area contributed by atoms with Gasteiger partial charge in [-0.2, -0.15) is 5.26 Å². The largest absolute Gasteiger partial charge is 0.573 e. The van der Waals surface area contributed by atoms with Crippen molar-refractivity contribution in [3.05, 3.63) is 89.7 Å². The molecule has 240 valence electrons. The topological polar surface area (TPSA) is 91.0 Å². The quantitative estimate of drug-likeness (QED) is 0.114. The number of benzene rings is 3. The van der Waals surface area contributed by atoms with Crippen molar-refractivity contribution in [3.63, 3.8) is 0 Å². The summed E-state index contributed by atoms with van der Waals surface area (Å²) in [5, 5.41) is 13.4. The number of piperidine rings is 2. The van der Waals surface area contributed by atoms with E-state index < -0.39 is 6.36 Å². The molecule has 2 fully saturated rings. The SMILES string of the molecule is N#Cc1ccccc1CN1CCC(NC(=O)c2cc3ccc(OC4CCN(c5ccc(OC(F)(F)F)cc5)CC4)cc3o2)CC1I. The Hall–Kier alpha value is -3.96. The number of carbonyl (C=O) groups is 1. The van der Waals surface area contributed by atoms with E-state index in [0.29, 0.717) is 36.5 Å². The molecule has 3 heterocycles. The third-order valence-corrected chi connectivity index (χ3v) is 9.68. The Balaban J connectivity index is 0.993. The second-order valence-electron chi connectivity index (χ2n) is 11.5. The van der Waals surface area contributed by atoms with Crippen molar-refractivity contribution < 1.29 is 31.9 Å². The van der Waals surface area contributed by atoms with Crippen molar-refractivity contribution in [1.29, 1.82) is 5.26 Å². The number of likely N-dealkylation sites (tertiary alicyclic amines) is 1. The van der Waals surface area contributed by atoms with Gasteiger partial charge in [0.2, 0.25) is 0 Å². The summed E-state index contributed by atoms with van der Waals surface area (Å²) in [7, 11) is 0. The smallest absolute Gasteiger partial charge is 0.490 e. The Labute approximate surface area is 278 Å². The first-order chi connectivity index (χ1) is 22.1. The van der Waals surface area contributed by atoms with Crippen molar-refractivity contribution >= 4 is 45.2 Å². The molecule has 1 N–H and O–H groups in total. The Morgan fingerprint density at radius 2 is 1.74 bits per heavy atom. The van der Waals surface area contributed by atoms with E-state index in [9.17, 15) is 23.2 Å². The first kappa shape index (κ1) is 32.0. The van der Waals surface area contributed by atoms with Crippen LogP contribution in [0.2, 0.25) is 0 Å². The number of rotatable bonds is 8. The van der Waals surface area contributed by atoms with Gasteiger partial charge in [0.15, 0.2) is 5.76 Å². The molecule has 3 aromatic carbocycles. The molecule has 0 spiro atoms. The average Bonchev–Trinajstić information content (AvgIpc) is 3.47. The summed E-state index contributed by atoms with van der Waals surface area (Å²) in [4.78, 5) is 17.6. The molecule has 6 rings (SSSR count). The van der Waals surface area contributed by atoms with Crippen LogP contribution in [0.3, 0.4) is 0 Å². The summed E-state index contributed by atoms with van der Waals surface area (Å²) in [6, 6.07) is 23.1. The van der Waals surface area contributed by atoms with E-state index in [-0.39, 0.29) is 33.6 Å². The fraction of sp³-hybridized carbons (Fsp3) is 0.353. The third-order valence-electron chi connectivity index (χ3n) is 8.38. The van der Waals surface area contributed by atoms with E-state index in [1.54, 1.807) is 24.3 Å². The predicted molar refractivity (Wildman–Crippen MR) is 175 cm³/mol. The zero-order valence-electron chi connectivity index (χ0n) is 24.8. The molecule has 2 aliphatic heterocycles. The molecule has 1 amide bonds. The minimum atomic E-state index is -4.71. The average molecular weight is 745 g/mol. The maximum atomic E-state index is 13.1. The monoisotopic (exact) mass is 744 g/mol. The normalized spacial score (nSPS) is 19.5. The lowest BCUT2D eigenvalue weighted by Gasteiger charge is -2.36. The number of anilines is 1. The Morgan fingerprint density at radius 1 is 1.00 bits per heavy atom. The lowest BCUT2D eigenvalue weighted by molar-refractivity contribution is -0.274. The second-order valence-corrected chi connectivity index (χ2v) is 13.0. The van der Waals surface area contributed by atoms with E-state index in [4.69, 9.17) is 9.15 Å². The molecular weight excluding hydrogens is 712 g/mol. The molecule has 2 saturated heterocycles. The van der Waals surface area contributed by atoms with Crippen LogP contribution in [0, 0.1) is 11.3 Å². The molecule has 12 heteroatoms. The van der Waals surface area contributed by atoms with Crippen molar-refractivity contribution in [2.24, 2.45) is 0 Å². The summed E-state index contributed by atoms with van der Waals surface area (Å²) in [6.45, 7) is 2.90. The first-order valence-corrected chi connectivity index (χ1v) is 16.4. The fourth-order valence-electron chi connectivity index (χ4n) is 5.99. The maximum absolute atomic E-state index is 13.1. The second kappa shape index (κ2) is 13.8. The third kappa shape index (κ3) is 7.87. The number of furan rings is 1. The van der Waals surface area contributed by atoms with Gasteiger partial charge in [-0.3, -0.25) is 9.69 Å². The minimum absolute atomic E-state index is 0.0148. The van der Waals surface area contributed by atoms with Crippen molar-refractivity contribution in [1.82, 2.24) is 10.2 Å². The van der Waals surface area contributed by atoms with E-state index in [1.807, 2.05) is 36.4 Å². The zero-order chi connectivity index (χ0) is 32.3. The number of ether oxygens (including phenoxy) is 2. The molecule has 1 aromatic heterocycles. The summed E-state index contributed by atoms with van der Waals surface area (Å²) < 4.78 is 53.7. The van der Waals surface area contributed by atoms with Gasteiger partial charge in [0.1, 0.15) is 23.2 Å². The van der Waals surface area contributed by atoms with Crippen LogP contribution in [0.15, 0.2) is 77.2 Å². The highest BCUT2D eigenvalue weighted by Gasteiger charge is 2.31. The molecule has 0 radical (unpaired) electrons. The maximum Gasteiger partial charge on any atom is 0.573 e. The molecule has 2 aliphatic rings. The number of carbonyl (C=O) groups excluding carboxylic acids is 1. The number of fused-ring (bicyclic) bond motifs is 1. The highest BCUT2D eigenvalue weighted by atomic mass is 127. The fourth-order valence-corrected chi connectivity index (χ4v) is 7.08. The van der Waals surface area contributed by atoms with Crippen LogP contribution in [0.5, 0.6) is 11.5 Å². The predicted octanol–water partition coefficient (Wildman–Crippen LogP) is 7.41. The first-order valence-electron chi connectivity index (χ1n) is 15.1. The lowest BCUT2D eigenvalue weighted by Crippen LogP contribution is -2.47. The van der Waals surface area contributed by atoms with Gasteiger partial charge >= 0.3 is 6.36 Å². The van der Waals surface area contributed by atoms with E-state index in [0.717, 1.165) is 48.9 Å². The number of nitrogens with one attached hydrogen (secondary N) is 1. The van der Waals surface area contributed by atoms with Crippen molar-refractivity contribution in [3.8, 4) is 17.6 Å². The summed E-state index contributed by atoms with van der Waals surface area (Å²) >= 11 is 2.41. The molecule has 46 heavy (non-hydrogen) atoms. The number of halogens is 4. The van der Waals surface area contributed by atoms with Gasteiger partial charge in [-0.25, -0.2) is 0 Å². The van der Waals surface area contributed by atoms with Gasteiger partial charge in [-0.05, 0) is 66.9 Å². The van der Waals surface area contributed by atoms with Crippen LogP contribution in [-0.4, -0.2) is 53.0 Å². The number of amides is 1. The number of nitrogens with zero attached hydrogens (tertiary/aromatic N) is 3. The van der Waals surface area contributed by atoms with Gasteiger partial charge in [-0.1, -0.05) is 40.8 Å². The molecule has 0 saturated carbocycles. The van der Waals surface area contributed by atoms with Crippen molar-refractivity contribution in [2.75, 3.05) is 24.5 Å². The van der Waals surface area contributed by atoms with Gasteiger partial charge in [0.25, 0.3) is 5.91 Å². The summed E-state index contributed by atoms with van der Waals surface area (Å²) in [5.41, 5.74) is 3.10. The van der Waals surface area contributed by atoms with Gasteiger partial charge in [-0.15, -0.1) is 13.2 Å². The van der Waals surface area contributed by atoms with Gasteiger partial charge in [0, 0.05) is 62.2 Å². The van der Waals surface area contributed by atoms with Crippen LogP contribution >= 0.6 is 22.6 Å². The minimum Gasteiger partial charge on any atom is -0.490 e. The molecule has 0 bridgehead atoms. The number of hydrogen-bond acceptors (Lipinski definition) is 7. The lowest BCUT2D eigenvalue weighted by atomic mass is 10.0. The van der Waals surface area contributed by atoms with E-state index in [2.05, 4.69) is 48.5 Å². The summed E-state index contributed by atoms with van der Waals surface area (Å²) in [6.07, 6.45) is -1.67. The highest BCUT2D eigenvalue weighted by molar-refractivity contribution is 14.1. The van der Waals surface area contributed by atoms with Crippen LogP contribution in [0.1, 0.15) is 47.4 Å². The molecule has 2 atom stereocenters. The molecule has 8 nitrogen and oxygen atoms in total. The zero-order valence-corrected chi connectivity index (χ0v) is 27.0. The highest BCUT2D eigenvalue weighted by Crippen LogP contribution is 2.30. The number of alkyl halides is 4. The van der Waals surface area contributed by atoms with E-state index >= 15 is 0 Å². The van der Waals surface area contributed by atoms with Crippen LogP contribution < -0.4 is 19.7 Å². The molecule has 4 aromatic rings. The van der Waals surface area contributed by atoms with Crippen LogP contribution in [0.25, 0.3) is 11.0 Å². The molecular formula is C34H32F3IN4O4.